The van der Waals surface area contributed by atoms with Crippen LogP contribution in [0.15, 0.2) is 16.7 Å². The number of aliphatic carboxylic acids is 1. The second kappa shape index (κ2) is 9.29. The molecule has 1 aliphatic carbocycles. The minimum atomic E-state index is -5.19. The number of rotatable bonds is 0. The van der Waals surface area contributed by atoms with Gasteiger partial charge in [0.15, 0.2) is 0 Å². The topological polar surface area (TPSA) is 40.1 Å². The molecule has 0 aromatic heterocycles. The van der Waals surface area contributed by atoms with Gasteiger partial charge in [0.2, 0.25) is 0 Å². The van der Waals surface area contributed by atoms with E-state index in [0.717, 1.165) is 0 Å². The normalized spacial score (nSPS) is 15.7. The molecule has 0 N–H and O–H groups in total. The van der Waals surface area contributed by atoms with E-state index in [2.05, 4.69) is 40.7 Å². The van der Waals surface area contributed by atoms with E-state index in [0.29, 0.717) is 0 Å². The molecule has 0 fully saturated rings. The summed E-state index contributed by atoms with van der Waals surface area (Å²) in [4.78, 5) is 8.78. The minimum Gasteiger partial charge on any atom is -1.00 e. The van der Waals surface area contributed by atoms with Crippen molar-refractivity contribution >= 4 is 5.97 Å². The number of allylic oxidation sites excluding steroid dienone is 4. The molecule has 0 saturated heterocycles. The van der Waals surface area contributed by atoms with Gasteiger partial charge in [-0.1, -0.05) is 33.1 Å². The summed E-state index contributed by atoms with van der Waals surface area (Å²) in [5.74, 6) is -3.01. The first kappa shape index (κ1) is 27.6. The molecule has 0 radical (unpaired) electrons. The zero-order valence-electron chi connectivity index (χ0n) is 11.7. The van der Waals surface area contributed by atoms with Crippen LogP contribution in [0, 0.1) is 11.5 Å². The van der Waals surface area contributed by atoms with Crippen LogP contribution < -0.4 is 14.5 Å². The summed E-state index contributed by atoms with van der Waals surface area (Å²) in [6.45, 7) is 10.9. The standard InChI is InChI=1S/C10H15.C2HF3O2.2FH.Ti/c1-7-6-10(4,5)9(3)8(7)2;3-2(4,5)1(6)7;;;/h1-5H3;(H,6,7);2*1H;/q-1;;;;+4/p-3. The summed E-state index contributed by atoms with van der Waals surface area (Å²) >= 11 is 0. The smallest absolute Gasteiger partial charge is 1.00 e. The van der Waals surface area contributed by atoms with Crippen LogP contribution in [0.4, 0.5) is 13.2 Å². The Morgan fingerprint density at radius 2 is 1.45 bits per heavy atom. The van der Waals surface area contributed by atoms with E-state index < -0.39 is 12.1 Å². The maximum absolute atomic E-state index is 10.5. The molecule has 20 heavy (non-hydrogen) atoms. The monoisotopic (exact) mass is 334 g/mol. The predicted octanol–water partition coefficient (Wildman–Crippen LogP) is -3.58. The van der Waals surface area contributed by atoms with E-state index in [-0.39, 0.29) is 36.5 Å². The third-order valence-electron chi connectivity index (χ3n) is 2.79. The van der Waals surface area contributed by atoms with Gasteiger partial charge in [0.25, 0.3) is 0 Å². The Bertz CT molecular complexity index is 384. The Morgan fingerprint density at radius 1 is 1.15 bits per heavy atom. The molecule has 0 heterocycles. The summed E-state index contributed by atoms with van der Waals surface area (Å²) in [5, 5.41) is 8.78. The third-order valence-corrected chi connectivity index (χ3v) is 2.79. The maximum atomic E-state index is 10.5. The zero-order chi connectivity index (χ0) is 14.0. The molecule has 0 saturated carbocycles. The fourth-order valence-electron chi connectivity index (χ4n) is 1.41. The number of hydrogen-bond acceptors (Lipinski definition) is 2. The number of carbonyl (C=O) groups excluding carboxylic acids is 1. The van der Waals surface area contributed by atoms with Crippen LogP contribution in [0.25, 0.3) is 0 Å². The molecular formula is C12H15F5O2Ti. The number of carbonyl (C=O) groups is 1. The molecule has 0 aromatic rings. The van der Waals surface area contributed by atoms with E-state index in [1.807, 2.05) is 0 Å². The summed E-state index contributed by atoms with van der Waals surface area (Å²) in [5.41, 5.74) is 4.39. The number of halogens is 5. The predicted molar refractivity (Wildman–Crippen MR) is 55.6 cm³/mol. The Hall–Kier alpha value is -0.686. The number of carboxylic acid groups (broad SMARTS) is 1. The van der Waals surface area contributed by atoms with Crippen molar-refractivity contribution < 1.29 is 54.2 Å². The fourth-order valence-corrected chi connectivity index (χ4v) is 1.41. The Kier molecular flexibility index (Phi) is 12.8. The zero-order valence-corrected chi connectivity index (χ0v) is 13.3. The Balaban J connectivity index is -0.000000117. The molecule has 1 rings (SSSR count). The minimum absolute atomic E-state index is 0. The molecule has 0 amide bonds. The first-order valence-corrected chi connectivity index (χ1v) is 4.98. The van der Waals surface area contributed by atoms with Crippen LogP contribution in [0.5, 0.6) is 0 Å². The van der Waals surface area contributed by atoms with E-state index >= 15 is 0 Å². The van der Waals surface area contributed by atoms with Crippen LogP contribution in [0.3, 0.4) is 0 Å². The van der Waals surface area contributed by atoms with Crippen molar-refractivity contribution in [2.75, 3.05) is 0 Å². The molecule has 0 spiro atoms. The van der Waals surface area contributed by atoms with Crippen molar-refractivity contribution in [1.82, 2.24) is 0 Å². The van der Waals surface area contributed by atoms with Crippen molar-refractivity contribution in [1.29, 1.82) is 0 Å². The molecular weight excluding hydrogens is 319 g/mol. The molecule has 1 aliphatic rings. The molecule has 2 nitrogen and oxygen atoms in total. The third kappa shape index (κ3) is 7.80. The van der Waals surface area contributed by atoms with Gasteiger partial charge in [-0.25, -0.2) is 5.57 Å². The molecule has 0 unspecified atom stereocenters. The molecule has 8 heteroatoms. The molecule has 0 atom stereocenters. The van der Waals surface area contributed by atoms with Crippen molar-refractivity contribution in [2.24, 2.45) is 5.41 Å². The second-order valence-corrected chi connectivity index (χ2v) is 4.41. The number of hydrogen-bond donors (Lipinski definition) is 0. The molecule has 0 aromatic carbocycles. The molecule has 0 bridgehead atoms. The van der Waals surface area contributed by atoms with Crippen LogP contribution in [0.2, 0.25) is 0 Å². The van der Waals surface area contributed by atoms with Gasteiger partial charge in [-0.05, 0) is 0 Å². The van der Waals surface area contributed by atoms with Gasteiger partial charge in [-0.3, -0.25) is 6.08 Å². The van der Waals surface area contributed by atoms with Crippen molar-refractivity contribution in [3.63, 3.8) is 0 Å². The van der Waals surface area contributed by atoms with E-state index in [1.165, 1.54) is 16.7 Å². The van der Waals surface area contributed by atoms with Crippen LogP contribution >= 0.6 is 0 Å². The van der Waals surface area contributed by atoms with Gasteiger partial charge >= 0.3 is 27.9 Å². The van der Waals surface area contributed by atoms with Crippen molar-refractivity contribution in [2.45, 2.75) is 40.8 Å². The fraction of sp³-hybridized carbons (Fsp3) is 0.583. The van der Waals surface area contributed by atoms with E-state index in [1.54, 1.807) is 0 Å². The Morgan fingerprint density at radius 3 is 1.50 bits per heavy atom. The summed E-state index contributed by atoms with van der Waals surface area (Å²) in [6.07, 6.45) is -1.76. The summed E-state index contributed by atoms with van der Waals surface area (Å²) < 4.78 is 31.5. The largest absolute Gasteiger partial charge is 4.00 e. The van der Waals surface area contributed by atoms with Crippen molar-refractivity contribution in [3.05, 3.63) is 22.8 Å². The van der Waals surface area contributed by atoms with E-state index in [9.17, 15) is 13.2 Å². The van der Waals surface area contributed by atoms with Crippen LogP contribution in [-0.2, 0) is 26.5 Å². The van der Waals surface area contributed by atoms with Crippen molar-refractivity contribution in [3.8, 4) is 0 Å². The molecule has 0 aliphatic heterocycles. The average Bonchev–Trinajstić information content (AvgIpc) is 2.29. The van der Waals surface area contributed by atoms with Gasteiger partial charge in [0, 0.05) is 0 Å². The van der Waals surface area contributed by atoms with Gasteiger partial charge in [0.05, 0.1) is 0 Å². The number of alkyl halides is 3. The summed E-state index contributed by atoms with van der Waals surface area (Å²) in [7, 11) is 0. The Labute approximate surface area is 129 Å². The summed E-state index contributed by atoms with van der Waals surface area (Å²) in [6, 6.07) is 0. The van der Waals surface area contributed by atoms with Gasteiger partial charge in [-0.2, -0.15) is 24.3 Å². The van der Waals surface area contributed by atoms with E-state index in [4.69, 9.17) is 9.90 Å². The average molecular weight is 334 g/mol. The SMILES string of the molecule is CC1=[C-]C(C)(C)C(C)=C1C.O=C([O-])C(F)(F)F.[F-].[F-].[Ti+4]. The van der Waals surface area contributed by atoms with Gasteiger partial charge in [0.1, 0.15) is 5.97 Å². The quantitative estimate of drug-likeness (QED) is 0.261. The molecule has 114 valence electrons. The van der Waals surface area contributed by atoms with Crippen LogP contribution in [0.1, 0.15) is 34.6 Å². The van der Waals surface area contributed by atoms with Crippen LogP contribution in [-0.4, -0.2) is 12.1 Å². The van der Waals surface area contributed by atoms with Gasteiger partial charge in [-0.15, -0.1) is 6.92 Å². The number of carboxylic acids is 1. The first-order valence-electron chi connectivity index (χ1n) is 4.98. The first-order chi connectivity index (χ1) is 7.39. The second-order valence-electron chi connectivity index (χ2n) is 4.41. The maximum Gasteiger partial charge on any atom is 4.00 e. The van der Waals surface area contributed by atoms with Gasteiger partial charge < -0.3 is 19.3 Å².